The summed E-state index contributed by atoms with van der Waals surface area (Å²) < 4.78 is 12.5. The second-order valence-electron chi connectivity index (χ2n) is 6.51. The first kappa shape index (κ1) is 19.2. The molecular formula is C23H19N3O4. The predicted octanol–water partition coefficient (Wildman–Crippen LogP) is 4.01. The number of nitrogens with zero attached hydrogens (tertiary/aromatic N) is 2. The largest absolute Gasteiger partial charge is 0.457 e. The number of fused-ring (bicyclic) bond motifs is 1. The van der Waals surface area contributed by atoms with Crippen molar-refractivity contribution >= 4 is 28.6 Å². The average Bonchev–Trinajstić information content (AvgIpc) is 3.17. The first-order valence-electron chi connectivity index (χ1n) is 9.36. The molecule has 0 aliphatic rings. The van der Waals surface area contributed by atoms with Crippen LogP contribution in [0.4, 0.5) is 5.69 Å². The summed E-state index contributed by atoms with van der Waals surface area (Å²) in [6.45, 7) is -0.382. The van der Waals surface area contributed by atoms with Gasteiger partial charge in [-0.2, -0.15) is 0 Å². The average molecular weight is 401 g/mol. The lowest BCUT2D eigenvalue weighted by Crippen LogP contribution is -2.22. The summed E-state index contributed by atoms with van der Waals surface area (Å²) in [5.74, 6) is 0.445. The van der Waals surface area contributed by atoms with Gasteiger partial charge in [-0.1, -0.05) is 30.3 Å². The van der Waals surface area contributed by atoms with E-state index in [1.807, 2.05) is 54.6 Å². The summed E-state index contributed by atoms with van der Waals surface area (Å²) in [5, 5.41) is 2.69. The highest BCUT2D eigenvalue weighted by atomic mass is 16.5. The molecule has 1 N–H and O–H groups in total. The molecule has 0 fully saturated rings. The molecule has 1 heterocycles. The lowest BCUT2D eigenvalue weighted by molar-refractivity contribution is -0.147. The SMILES string of the molecule is O=C(COC(=O)Cn1cnc2ccccc21)Nc1ccc(Oc2ccccc2)cc1. The molecule has 7 heteroatoms. The van der Waals surface area contributed by atoms with Gasteiger partial charge in [0.15, 0.2) is 6.61 Å². The van der Waals surface area contributed by atoms with Crippen molar-refractivity contribution in [2.75, 3.05) is 11.9 Å². The Balaban J connectivity index is 1.25. The highest BCUT2D eigenvalue weighted by Gasteiger charge is 2.11. The minimum atomic E-state index is -0.514. The van der Waals surface area contributed by atoms with Crippen molar-refractivity contribution in [3.05, 3.63) is 85.2 Å². The van der Waals surface area contributed by atoms with Crippen LogP contribution >= 0.6 is 0 Å². The maximum Gasteiger partial charge on any atom is 0.326 e. The van der Waals surface area contributed by atoms with Crippen molar-refractivity contribution in [2.24, 2.45) is 0 Å². The third kappa shape index (κ3) is 4.82. The number of nitrogens with one attached hydrogen (secondary N) is 1. The van der Waals surface area contributed by atoms with Crippen molar-refractivity contribution in [1.82, 2.24) is 9.55 Å². The van der Waals surface area contributed by atoms with E-state index >= 15 is 0 Å². The van der Waals surface area contributed by atoms with E-state index in [9.17, 15) is 9.59 Å². The molecule has 0 spiro atoms. The first-order valence-corrected chi connectivity index (χ1v) is 9.36. The summed E-state index contributed by atoms with van der Waals surface area (Å²) in [6.07, 6.45) is 1.57. The van der Waals surface area contributed by atoms with Gasteiger partial charge >= 0.3 is 5.97 Å². The van der Waals surface area contributed by atoms with Crippen molar-refractivity contribution in [3.63, 3.8) is 0 Å². The zero-order valence-corrected chi connectivity index (χ0v) is 16.0. The Bertz CT molecular complexity index is 1150. The molecule has 150 valence electrons. The van der Waals surface area contributed by atoms with E-state index in [-0.39, 0.29) is 13.2 Å². The zero-order chi connectivity index (χ0) is 20.8. The topological polar surface area (TPSA) is 82.5 Å². The van der Waals surface area contributed by atoms with Crippen LogP contribution in [0.3, 0.4) is 0 Å². The number of aromatic nitrogens is 2. The number of benzene rings is 3. The quantitative estimate of drug-likeness (QED) is 0.473. The number of anilines is 1. The fraction of sp³-hybridized carbons (Fsp3) is 0.0870. The maximum atomic E-state index is 12.1. The normalized spacial score (nSPS) is 10.5. The van der Waals surface area contributed by atoms with Crippen molar-refractivity contribution in [3.8, 4) is 11.5 Å². The highest BCUT2D eigenvalue weighted by molar-refractivity contribution is 5.92. The lowest BCUT2D eigenvalue weighted by Gasteiger charge is -2.09. The van der Waals surface area contributed by atoms with Gasteiger partial charge in [0.1, 0.15) is 18.0 Å². The smallest absolute Gasteiger partial charge is 0.326 e. The van der Waals surface area contributed by atoms with Gasteiger partial charge in [-0.05, 0) is 48.5 Å². The number of ether oxygens (including phenoxy) is 2. The van der Waals surface area contributed by atoms with Crippen LogP contribution in [0.25, 0.3) is 11.0 Å². The fourth-order valence-corrected chi connectivity index (χ4v) is 2.90. The molecule has 4 rings (SSSR count). The Morgan fingerprint density at radius 3 is 2.37 bits per heavy atom. The van der Waals surface area contributed by atoms with Crippen LogP contribution < -0.4 is 10.1 Å². The van der Waals surface area contributed by atoms with Crippen LogP contribution in [0.5, 0.6) is 11.5 Å². The zero-order valence-electron chi connectivity index (χ0n) is 16.0. The van der Waals surface area contributed by atoms with E-state index in [4.69, 9.17) is 9.47 Å². The van der Waals surface area contributed by atoms with Crippen molar-refractivity contribution < 1.29 is 19.1 Å². The van der Waals surface area contributed by atoms with Crippen LogP contribution in [0.2, 0.25) is 0 Å². The number of para-hydroxylation sites is 3. The number of carbonyl (C=O) groups is 2. The van der Waals surface area contributed by atoms with Gasteiger partial charge in [-0.25, -0.2) is 4.98 Å². The van der Waals surface area contributed by atoms with Crippen LogP contribution in [-0.2, 0) is 20.9 Å². The first-order chi connectivity index (χ1) is 14.7. The monoisotopic (exact) mass is 401 g/mol. The lowest BCUT2D eigenvalue weighted by atomic mass is 10.3. The van der Waals surface area contributed by atoms with Gasteiger partial charge in [-0.15, -0.1) is 0 Å². The Morgan fingerprint density at radius 2 is 1.57 bits per heavy atom. The third-order valence-electron chi connectivity index (χ3n) is 4.31. The van der Waals surface area contributed by atoms with Gasteiger partial charge in [0.05, 0.1) is 17.4 Å². The fourth-order valence-electron chi connectivity index (χ4n) is 2.90. The number of hydrogen-bond acceptors (Lipinski definition) is 5. The molecule has 0 radical (unpaired) electrons. The van der Waals surface area contributed by atoms with Crippen LogP contribution in [0, 0.1) is 0 Å². The summed E-state index contributed by atoms with van der Waals surface area (Å²) in [7, 11) is 0. The number of carbonyl (C=O) groups excluding carboxylic acids is 2. The Hall–Kier alpha value is -4.13. The molecule has 1 amide bonds. The number of amides is 1. The molecule has 0 unspecified atom stereocenters. The summed E-state index contributed by atoms with van der Waals surface area (Å²) in [4.78, 5) is 28.4. The highest BCUT2D eigenvalue weighted by Crippen LogP contribution is 2.22. The van der Waals surface area contributed by atoms with E-state index in [0.717, 1.165) is 16.8 Å². The second kappa shape index (κ2) is 8.91. The predicted molar refractivity (Wildman–Crippen MR) is 112 cm³/mol. The summed E-state index contributed by atoms with van der Waals surface area (Å²) in [5.41, 5.74) is 2.21. The van der Waals surface area contributed by atoms with Gasteiger partial charge in [-0.3, -0.25) is 9.59 Å². The minimum absolute atomic E-state index is 0.0146. The van der Waals surface area contributed by atoms with Gasteiger partial charge in [0, 0.05) is 5.69 Å². The molecule has 7 nitrogen and oxygen atoms in total. The number of hydrogen-bond donors (Lipinski definition) is 1. The minimum Gasteiger partial charge on any atom is -0.457 e. The third-order valence-corrected chi connectivity index (χ3v) is 4.31. The Morgan fingerprint density at radius 1 is 0.867 bits per heavy atom. The Labute approximate surface area is 172 Å². The molecule has 30 heavy (non-hydrogen) atoms. The van der Waals surface area contributed by atoms with E-state index in [1.54, 1.807) is 35.2 Å². The standard InChI is InChI=1S/C23H19N3O4/c27-22(15-29-23(28)14-26-16-24-20-8-4-5-9-21(20)26)25-17-10-12-19(13-11-17)30-18-6-2-1-3-7-18/h1-13,16H,14-15H2,(H,25,27). The molecule has 0 aliphatic heterocycles. The van der Waals surface area contributed by atoms with Gasteiger partial charge in [0.2, 0.25) is 0 Å². The van der Waals surface area contributed by atoms with Crippen molar-refractivity contribution in [1.29, 1.82) is 0 Å². The Kier molecular flexibility index (Phi) is 5.70. The second-order valence-corrected chi connectivity index (χ2v) is 6.51. The number of rotatable bonds is 7. The van der Waals surface area contributed by atoms with Crippen LogP contribution in [0.15, 0.2) is 85.2 Å². The van der Waals surface area contributed by atoms with E-state index in [2.05, 4.69) is 10.3 Å². The summed E-state index contributed by atoms with van der Waals surface area (Å²) >= 11 is 0. The number of esters is 1. The van der Waals surface area contributed by atoms with Crippen LogP contribution in [0.1, 0.15) is 0 Å². The van der Waals surface area contributed by atoms with Gasteiger partial charge < -0.3 is 19.4 Å². The maximum absolute atomic E-state index is 12.1. The van der Waals surface area contributed by atoms with E-state index < -0.39 is 11.9 Å². The molecular weight excluding hydrogens is 382 g/mol. The molecule has 0 bridgehead atoms. The molecule has 0 aliphatic carbocycles. The van der Waals surface area contributed by atoms with E-state index in [0.29, 0.717) is 11.4 Å². The molecule has 0 saturated heterocycles. The molecule has 3 aromatic carbocycles. The van der Waals surface area contributed by atoms with Gasteiger partial charge in [0.25, 0.3) is 5.91 Å². The molecule has 1 aromatic heterocycles. The van der Waals surface area contributed by atoms with E-state index in [1.165, 1.54) is 0 Å². The molecule has 4 aromatic rings. The molecule has 0 atom stereocenters. The summed E-state index contributed by atoms with van der Waals surface area (Å²) in [6, 6.07) is 23.8. The van der Waals surface area contributed by atoms with Crippen LogP contribution in [-0.4, -0.2) is 28.0 Å². The van der Waals surface area contributed by atoms with Crippen molar-refractivity contribution in [2.45, 2.75) is 6.54 Å². The molecule has 0 saturated carbocycles. The number of imidazole rings is 1.